The van der Waals surface area contributed by atoms with Crippen LogP contribution in [0.2, 0.25) is 0 Å². The van der Waals surface area contributed by atoms with E-state index < -0.39 is 48.7 Å². The summed E-state index contributed by atoms with van der Waals surface area (Å²) in [6.45, 7) is 12.0. The Morgan fingerprint density at radius 3 is 2.44 bits per heavy atom. The van der Waals surface area contributed by atoms with E-state index in [2.05, 4.69) is 0 Å². The molecule has 2 fully saturated rings. The number of likely N-dealkylation sites (N-methyl/N-ethyl adjacent to an activating group) is 1. The molecule has 2 rings (SSSR count). The second-order valence-electron chi connectivity index (χ2n) is 11.4. The molecular formula is C27H51NO8. The van der Waals surface area contributed by atoms with E-state index in [1.54, 1.807) is 14.0 Å². The summed E-state index contributed by atoms with van der Waals surface area (Å²) in [4.78, 5) is 15.1. The van der Waals surface area contributed by atoms with E-state index >= 15 is 0 Å². The highest BCUT2D eigenvalue weighted by Crippen LogP contribution is 2.41. The molecule has 0 spiro atoms. The average molecular weight is 518 g/mol. The van der Waals surface area contributed by atoms with Crippen LogP contribution >= 0.6 is 0 Å². The lowest BCUT2D eigenvalue weighted by atomic mass is 9.74. The summed E-state index contributed by atoms with van der Waals surface area (Å²) in [5.74, 6) is -1.18. The number of rotatable bonds is 4. The number of nitrogens with zero attached hydrogens (tertiary/aromatic N) is 1. The van der Waals surface area contributed by atoms with Gasteiger partial charge in [0.1, 0.15) is 12.7 Å². The molecule has 1 unspecified atom stereocenters. The molecule has 2 aliphatic rings. The fourth-order valence-electron chi connectivity index (χ4n) is 5.55. The summed E-state index contributed by atoms with van der Waals surface area (Å²) in [7, 11) is 3.61. The van der Waals surface area contributed by atoms with E-state index in [4.69, 9.17) is 18.9 Å². The number of cyclic esters (lactones) is 1. The molecule has 0 amide bonds. The number of carbonyl (C=O) groups excluding carboxylic acids is 1. The highest BCUT2D eigenvalue weighted by molar-refractivity contribution is 5.72. The van der Waals surface area contributed by atoms with Crippen molar-refractivity contribution in [3.05, 3.63) is 0 Å². The second-order valence-corrected chi connectivity index (χ2v) is 11.4. The van der Waals surface area contributed by atoms with Crippen molar-refractivity contribution < 1.29 is 39.1 Å². The normalized spacial score (nSPS) is 44.9. The van der Waals surface area contributed by atoms with E-state index in [1.807, 2.05) is 46.6 Å². The van der Waals surface area contributed by atoms with Crippen molar-refractivity contribution in [1.29, 1.82) is 0 Å². The van der Waals surface area contributed by atoms with Gasteiger partial charge in [0.25, 0.3) is 0 Å². The zero-order valence-corrected chi connectivity index (χ0v) is 23.6. The van der Waals surface area contributed by atoms with Crippen LogP contribution in [0.1, 0.15) is 73.6 Å². The quantitative estimate of drug-likeness (QED) is 0.483. The monoisotopic (exact) mass is 517 g/mol. The molecule has 9 heteroatoms. The maximum atomic E-state index is 13.1. The third kappa shape index (κ3) is 7.85. The van der Waals surface area contributed by atoms with Gasteiger partial charge >= 0.3 is 5.97 Å². The molecule has 2 heterocycles. The number of methoxy groups -OCH3 is 1. The zero-order chi connectivity index (χ0) is 27.2. The van der Waals surface area contributed by atoms with Gasteiger partial charge in [0.15, 0.2) is 6.29 Å². The Kier molecular flexibility index (Phi) is 12.1. The van der Waals surface area contributed by atoms with Crippen molar-refractivity contribution in [2.75, 3.05) is 27.3 Å². The van der Waals surface area contributed by atoms with Crippen molar-refractivity contribution >= 4 is 5.97 Å². The summed E-state index contributed by atoms with van der Waals surface area (Å²) < 4.78 is 23.8. The molecule has 0 aromatic rings. The Hall–Kier alpha value is -0.810. The Labute approximate surface area is 217 Å². The first-order valence-electron chi connectivity index (χ1n) is 13.6. The molecule has 2 saturated heterocycles. The number of aliphatic hydroxyl groups excluding tert-OH is 3. The van der Waals surface area contributed by atoms with Gasteiger partial charge in [-0.15, -0.1) is 0 Å². The van der Waals surface area contributed by atoms with Gasteiger partial charge in [0.2, 0.25) is 0 Å². The van der Waals surface area contributed by atoms with E-state index in [0.29, 0.717) is 12.8 Å². The first-order chi connectivity index (χ1) is 16.8. The lowest BCUT2D eigenvalue weighted by Gasteiger charge is -2.46. The molecule has 0 radical (unpaired) electrons. The number of ether oxygens (including phenoxy) is 4. The van der Waals surface area contributed by atoms with Gasteiger partial charge in [-0.05, 0) is 66.0 Å². The van der Waals surface area contributed by atoms with Crippen LogP contribution in [0.4, 0.5) is 0 Å². The third-order valence-corrected chi connectivity index (χ3v) is 8.69. The van der Waals surface area contributed by atoms with Crippen LogP contribution in [0.5, 0.6) is 0 Å². The van der Waals surface area contributed by atoms with Crippen LogP contribution < -0.4 is 0 Å². The van der Waals surface area contributed by atoms with Crippen molar-refractivity contribution in [2.45, 2.75) is 123 Å². The minimum Gasteiger partial charge on any atom is -0.463 e. The lowest BCUT2D eigenvalue weighted by molar-refractivity contribution is -0.278. The van der Waals surface area contributed by atoms with Crippen molar-refractivity contribution in [1.82, 2.24) is 4.90 Å². The van der Waals surface area contributed by atoms with Crippen molar-refractivity contribution in [3.8, 4) is 0 Å². The number of aliphatic hydroxyl groups is 3. The van der Waals surface area contributed by atoms with Crippen molar-refractivity contribution in [3.63, 3.8) is 0 Å². The van der Waals surface area contributed by atoms with Crippen LogP contribution in [0, 0.1) is 17.3 Å². The van der Waals surface area contributed by atoms with E-state index in [0.717, 1.165) is 25.8 Å². The fraction of sp³-hybridized carbons (Fsp3) is 0.963. The van der Waals surface area contributed by atoms with E-state index in [-0.39, 0.29) is 30.1 Å². The predicted octanol–water partition coefficient (Wildman–Crippen LogP) is 2.34. The minimum absolute atomic E-state index is 0.0207. The maximum absolute atomic E-state index is 13.1. The number of esters is 1. The summed E-state index contributed by atoms with van der Waals surface area (Å²) in [5, 5.41) is 31.8. The lowest BCUT2D eigenvalue weighted by Crippen LogP contribution is -2.52. The smallest absolute Gasteiger partial charge is 0.311 e. The van der Waals surface area contributed by atoms with Crippen molar-refractivity contribution in [2.24, 2.45) is 17.3 Å². The molecule has 9 nitrogen and oxygen atoms in total. The fourth-order valence-corrected chi connectivity index (χ4v) is 5.55. The molecule has 2 aliphatic heterocycles. The van der Waals surface area contributed by atoms with E-state index in [1.165, 1.54) is 0 Å². The van der Waals surface area contributed by atoms with Crippen LogP contribution in [0.3, 0.4) is 0 Å². The molecule has 0 aromatic carbocycles. The molecular weight excluding hydrogens is 466 g/mol. The molecule has 3 N–H and O–H groups in total. The molecule has 11 atom stereocenters. The predicted molar refractivity (Wildman–Crippen MR) is 136 cm³/mol. The summed E-state index contributed by atoms with van der Waals surface area (Å²) in [6, 6.07) is -0.300. The number of hydrogen-bond donors (Lipinski definition) is 3. The van der Waals surface area contributed by atoms with Gasteiger partial charge < -0.3 is 39.2 Å². The van der Waals surface area contributed by atoms with Gasteiger partial charge in [-0.3, -0.25) is 4.79 Å². The minimum atomic E-state index is -1.19. The molecule has 212 valence electrons. The summed E-state index contributed by atoms with van der Waals surface area (Å²) in [5.41, 5.74) is -0.354. The van der Waals surface area contributed by atoms with Gasteiger partial charge in [0, 0.05) is 25.0 Å². The van der Waals surface area contributed by atoms with Crippen LogP contribution in [0.25, 0.3) is 0 Å². The Balaban J connectivity index is 2.27. The first-order valence-corrected chi connectivity index (χ1v) is 13.6. The molecule has 36 heavy (non-hydrogen) atoms. The zero-order valence-electron chi connectivity index (χ0n) is 23.6. The second kappa shape index (κ2) is 13.8. The molecule has 0 aromatic heterocycles. The van der Waals surface area contributed by atoms with Gasteiger partial charge in [-0.1, -0.05) is 20.8 Å². The van der Waals surface area contributed by atoms with Gasteiger partial charge in [-0.25, -0.2) is 0 Å². The molecule has 0 saturated carbocycles. The number of carbonyl (C=O) groups is 1. The van der Waals surface area contributed by atoms with Gasteiger partial charge in [-0.2, -0.15) is 0 Å². The van der Waals surface area contributed by atoms with Crippen LogP contribution in [-0.4, -0.2) is 102 Å². The van der Waals surface area contributed by atoms with Gasteiger partial charge in [0.05, 0.1) is 36.4 Å². The standard InChI is InChI=1S/C27H51NO8/c1-9-27(6)14-22(35-19(5)25(27)31)36-24-16(2)13-20(33-8)11-10-12-28(7)18(4)23(30)21(29)15-34-26(32)17(24)3/h16-25,29-31H,9-15H2,1-8H3/t16-,17-,18-,19+,20+,21-,22?,23-,24+,25+,27-/m1/s1. The SMILES string of the molecule is CC[C@]1(C)CC(O[C@H]2[C@H](C)C[C@@H](OC)CCCN(C)[C@H](C)[C@@H](O)[C@H](O)COC(=O)[C@@H]2C)O[C@@H](C)[C@@H]1O. The highest BCUT2D eigenvalue weighted by atomic mass is 16.7. The largest absolute Gasteiger partial charge is 0.463 e. The molecule has 0 aliphatic carbocycles. The Morgan fingerprint density at radius 1 is 1.17 bits per heavy atom. The molecule has 0 bridgehead atoms. The van der Waals surface area contributed by atoms with Crippen LogP contribution in [-0.2, 0) is 23.7 Å². The number of hydrogen-bond acceptors (Lipinski definition) is 9. The first kappa shape index (κ1) is 31.4. The Bertz CT molecular complexity index is 680. The van der Waals surface area contributed by atoms with E-state index in [9.17, 15) is 20.1 Å². The summed E-state index contributed by atoms with van der Waals surface area (Å²) >= 11 is 0. The average Bonchev–Trinajstić information content (AvgIpc) is 2.85. The summed E-state index contributed by atoms with van der Waals surface area (Å²) in [6.07, 6.45) is -0.673. The third-order valence-electron chi connectivity index (χ3n) is 8.69. The van der Waals surface area contributed by atoms with Crippen LogP contribution in [0.15, 0.2) is 0 Å². The Morgan fingerprint density at radius 2 is 1.83 bits per heavy atom. The topological polar surface area (TPSA) is 118 Å². The maximum Gasteiger partial charge on any atom is 0.311 e. The highest BCUT2D eigenvalue weighted by Gasteiger charge is 2.45.